The van der Waals surface area contributed by atoms with E-state index in [0.29, 0.717) is 19.1 Å². The van der Waals surface area contributed by atoms with E-state index in [1.165, 1.54) is 0 Å². The molecule has 0 radical (unpaired) electrons. The Morgan fingerprint density at radius 3 is 2.78 bits per heavy atom. The number of amides is 2. The SMILES string of the molecule is CCOC(=O)CNC(=O)NCC1CCOC1CC. The van der Waals surface area contributed by atoms with E-state index >= 15 is 0 Å². The molecule has 1 heterocycles. The molecule has 1 aliphatic rings. The third kappa shape index (κ3) is 4.91. The van der Waals surface area contributed by atoms with E-state index in [1.807, 2.05) is 0 Å². The van der Waals surface area contributed by atoms with Gasteiger partial charge in [-0.05, 0) is 19.8 Å². The Hall–Kier alpha value is -1.30. The second-order valence-corrected chi connectivity index (χ2v) is 4.23. The maximum absolute atomic E-state index is 11.4. The normalized spacial score (nSPS) is 22.6. The van der Waals surface area contributed by atoms with Crippen LogP contribution in [0.4, 0.5) is 4.79 Å². The fourth-order valence-corrected chi connectivity index (χ4v) is 2.03. The highest BCUT2D eigenvalue weighted by Crippen LogP contribution is 2.22. The molecule has 2 N–H and O–H groups in total. The van der Waals surface area contributed by atoms with Crippen LogP contribution >= 0.6 is 0 Å². The molecule has 1 fully saturated rings. The van der Waals surface area contributed by atoms with Gasteiger partial charge in [-0.1, -0.05) is 6.92 Å². The van der Waals surface area contributed by atoms with E-state index < -0.39 is 5.97 Å². The molecule has 0 aromatic heterocycles. The second-order valence-electron chi connectivity index (χ2n) is 4.23. The summed E-state index contributed by atoms with van der Waals surface area (Å²) in [6, 6.07) is -0.343. The molecular weight excluding hydrogens is 236 g/mol. The van der Waals surface area contributed by atoms with Crippen LogP contribution in [0.3, 0.4) is 0 Å². The predicted octanol–water partition coefficient (Wildman–Crippen LogP) is 0.664. The van der Waals surface area contributed by atoms with E-state index in [1.54, 1.807) is 6.92 Å². The van der Waals surface area contributed by atoms with Crippen molar-refractivity contribution in [3.8, 4) is 0 Å². The number of carbonyl (C=O) groups excluding carboxylic acids is 2. The molecule has 0 spiro atoms. The molecule has 0 aliphatic carbocycles. The summed E-state index contributed by atoms with van der Waals surface area (Å²) < 4.78 is 10.2. The smallest absolute Gasteiger partial charge is 0.325 e. The van der Waals surface area contributed by atoms with Crippen LogP contribution in [0.25, 0.3) is 0 Å². The van der Waals surface area contributed by atoms with Gasteiger partial charge in [-0.3, -0.25) is 4.79 Å². The van der Waals surface area contributed by atoms with Crippen LogP contribution < -0.4 is 10.6 Å². The van der Waals surface area contributed by atoms with Crippen molar-refractivity contribution >= 4 is 12.0 Å². The van der Waals surface area contributed by atoms with Gasteiger partial charge in [0, 0.05) is 19.1 Å². The first-order chi connectivity index (χ1) is 8.67. The molecule has 2 atom stereocenters. The average molecular weight is 258 g/mol. The van der Waals surface area contributed by atoms with Gasteiger partial charge in [0.2, 0.25) is 0 Å². The fourth-order valence-electron chi connectivity index (χ4n) is 2.03. The van der Waals surface area contributed by atoms with Crippen molar-refractivity contribution in [2.75, 3.05) is 26.3 Å². The summed E-state index contributed by atoms with van der Waals surface area (Å²) >= 11 is 0. The lowest BCUT2D eigenvalue weighted by atomic mass is 10.00. The van der Waals surface area contributed by atoms with E-state index in [-0.39, 0.29) is 18.7 Å². The van der Waals surface area contributed by atoms with Crippen molar-refractivity contribution < 1.29 is 19.1 Å². The number of esters is 1. The summed E-state index contributed by atoms with van der Waals surface area (Å²) in [5, 5.41) is 5.21. The highest BCUT2D eigenvalue weighted by Gasteiger charge is 2.26. The van der Waals surface area contributed by atoms with Gasteiger partial charge in [0.15, 0.2) is 0 Å². The zero-order valence-electron chi connectivity index (χ0n) is 11.0. The van der Waals surface area contributed by atoms with Crippen LogP contribution in [0, 0.1) is 5.92 Å². The summed E-state index contributed by atoms with van der Waals surface area (Å²) in [6.07, 6.45) is 2.16. The van der Waals surface area contributed by atoms with Crippen molar-refractivity contribution in [1.29, 1.82) is 0 Å². The number of rotatable bonds is 6. The van der Waals surface area contributed by atoms with Gasteiger partial charge in [-0.15, -0.1) is 0 Å². The fraction of sp³-hybridized carbons (Fsp3) is 0.833. The number of ether oxygens (including phenoxy) is 2. The second kappa shape index (κ2) is 7.92. The minimum Gasteiger partial charge on any atom is -0.465 e. The summed E-state index contributed by atoms with van der Waals surface area (Å²) in [5.41, 5.74) is 0. The summed E-state index contributed by atoms with van der Waals surface area (Å²) in [5.74, 6) is -0.0633. The number of urea groups is 1. The van der Waals surface area contributed by atoms with Crippen molar-refractivity contribution in [2.24, 2.45) is 5.92 Å². The Labute approximate surface area is 107 Å². The molecule has 2 amide bonds. The standard InChI is InChI=1S/C12H22N2O4/c1-3-10-9(5-6-18-10)7-13-12(16)14-8-11(15)17-4-2/h9-10H,3-8H2,1-2H3,(H2,13,14,16). The molecule has 6 heteroatoms. The highest BCUT2D eigenvalue weighted by atomic mass is 16.5. The van der Waals surface area contributed by atoms with Gasteiger partial charge in [-0.25, -0.2) is 4.79 Å². The average Bonchev–Trinajstić information content (AvgIpc) is 2.81. The highest BCUT2D eigenvalue weighted by molar-refractivity contribution is 5.80. The van der Waals surface area contributed by atoms with Gasteiger partial charge in [0.25, 0.3) is 0 Å². The van der Waals surface area contributed by atoms with Crippen molar-refractivity contribution in [2.45, 2.75) is 32.8 Å². The molecule has 1 rings (SSSR count). The summed E-state index contributed by atoms with van der Waals surface area (Å²) in [6.45, 7) is 5.35. The molecule has 1 saturated heterocycles. The molecule has 6 nitrogen and oxygen atoms in total. The zero-order chi connectivity index (χ0) is 13.4. The van der Waals surface area contributed by atoms with Gasteiger partial charge < -0.3 is 20.1 Å². The molecule has 0 aromatic rings. The Bertz CT molecular complexity index is 283. The Kier molecular flexibility index (Phi) is 6.49. The Balaban J connectivity index is 2.15. The van der Waals surface area contributed by atoms with E-state index in [9.17, 15) is 9.59 Å². The monoisotopic (exact) mass is 258 g/mol. The van der Waals surface area contributed by atoms with Crippen LogP contribution in [0.1, 0.15) is 26.7 Å². The lowest BCUT2D eigenvalue weighted by molar-refractivity contribution is -0.141. The predicted molar refractivity (Wildman–Crippen MR) is 66.2 cm³/mol. The molecule has 1 aliphatic heterocycles. The van der Waals surface area contributed by atoms with E-state index in [0.717, 1.165) is 19.4 Å². The van der Waals surface area contributed by atoms with Crippen LogP contribution in [-0.4, -0.2) is 44.4 Å². The quantitative estimate of drug-likeness (QED) is 0.686. The van der Waals surface area contributed by atoms with Gasteiger partial charge in [0.05, 0.1) is 12.7 Å². The van der Waals surface area contributed by atoms with Crippen LogP contribution in [0.15, 0.2) is 0 Å². The lowest BCUT2D eigenvalue weighted by Crippen LogP contribution is -2.42. The zero-order valence-corrected chi connectivity index (χ0v) is 11.0. The summed E-state index contributed by atoms with van der Waals surface area (Å²) in [4.78, 5) is 22.5. The van der Waals surface area contributed by atoms with Gasteiger partial charge >= 0.3 is 12.0 Å². The minimum absolute atomic E-state index is 0.0992. The number of hydrogen-bond donors (Lipinski definition) is 2. The maximum Gasteiger partial charge on any atom is 0.325 e. The van der Waals surface area contributed by atoms with Gasteiger partial charge in [-0.2, -0.15) is 0 Å². The van der Waals surface area contributed by atoms with Crippen LogP contribution in [0.5, 0.6) is 0 Å². The molecule has 18 heavy (non-hydrogen) atoms. The molecular formula is C12H22N2O4. The van der Waals surface area contributed by atoms with Crippen LogP contribution in [0.2, 0.25) is 0 Å². The molecule has 104 valence electrons. The topological polar surface area (TPSA) is 76.7 Å². The lowest BCUT2D eigenvalue weighted by Gasteiger charge is -2.17. The van der Waals surface area contributed by atoms with Crippen LogP contribution in [-0.2, 0) is 14.3 Å². The van der Waals surface area contributed by atoms with Crippen molar-refractivity contribution in [1.82, 2.24) is 10.6 Å². The number of hydrogen-bond acceptors (Lipinski definition) is 4. The Morgan fingerprint density at radius 1 is 1.33 bits per heavy atom. The summed E-state index contributed by atoms with van der Waals surface area (Å²) in [7, 11) is 0. The van der Waals surface area contributed by atoms with E-state index in [4.69, 9.17) is 9.47 Å². The van der Waals surface area contributed by atoms with Gasteiger partial charge in [0.1, 0.15) is 6.54 Å². The maximum atomic E-state index is 11.4. The third-order valence-electron chi connectivity index (χ3n) is 2.97. The number of nitrogens with one attached hydrogen (secondary N) is 2. The van der Waals surface area contributed by atoms with Crippen molar-refractivity contribution in [3.63, 3.8) is 0 Å². The molecule has 0 bridgehead atoms. The van der Waals surface area contributed by atoms with E-state index in [2.05, 4.69) is 17.6 Å². The first-order valence-electron chi connectivity index (χ1n) is 6.46. The molecule has 0 saturated carbocycles. The van der Waals surface area contributed by atoms with Crippen molar-refractivity contribution in [3.05, 3.63) is 0 Å². The molecule has 2 unspecified atom stereocenters. The minimum atomic E-state index is -0.428. The first kappa shape index (κ1) is 14.8. The Morgan fingerprint density at radius 2 is 2.11 bits per heavy atom. The third-order valence-corrected chi connectivity index (χ3v) is 2.97. The first-order valence-corrected chi connectivity index (χ1v) is 6.46. The number of carbonyl (C=O) groups is 2. The molecule has 0 aromatic carbocycles. The largest absolute Gasteiger partial charge is 0.465 e.